The first-order chi connectivity index (χ1) is 15.2. The summed E-state index contributed by atoms with van der Waals surface area (Å²) < 4.78 is 37.6. The summed E-state index contributed by atoms with van der Waals surface area (Å²) >= 11 is 0.636. The number of anilines is 1. The Kier molecular flexibility index (Phi) is 7.43. The highest BCUT2D eigenvalue weighted by molar-refractivity contribution is 7.89. The van der Waals surface area contributed by atoms with E-state index < -0.39 is 33.4 Å². The minimum absolute atomic E-state index is 0.0103. The monoisotopic (exact) mass is 483 g/mol. The molecule has 1 aromatic carbocycles. The molecule has 1 amide bonds. The molecule has 0 aliphatic carbocycles. The van der Waals surface area contributed by atoms with Crippen LogP contribution in [0.1, 0.15) is 28.9 Å². The third-order valence-corrected chi connectivity index (χ3v) is 7.62. The quantitative estimate of drug-likeness (QED) is 0.343. The summed E-state index contributed by atoms with van der Waals surface area (Å²) in [6.07, 6.45) is 2.52. The van der Waals surface area contributed by atoms with Crippen LogP contribution in [0, 0.1) is 10.1 Å². The maximum atomic E-state index is 13.0. The van der Waals surface area contributed by atoms with Crippen molar-refractivity contribution < 1.29 is 32.4 Å². The van der Waals surface area contributed by atoms with E-state index in [2.05, 4.69) is 5.32 Å². The molecule has 1 aromatic heterocycles. The summed E-state index contributed by atoms with van der Waals surface area (Å²) in [5.41, 5.74) is 0.189. The number of nitro groups is 1. The predicted octanol–water partition coefficient (Wildman–Crippen LogP) is 2.64. The molecule has 2 aromatic rings. The molecule has 0 spiro atoms. The number of hydrogen-bond acceptors (Lipinski definition) is 9. The van der Waals surface area contributed by atoms with E-state index in [9.17, 15) is 28.1 Å². The Bertz CT molecular complexity index is 1120. The van der Waals surface area contributed by atoms with Crippen molar-refractivity contribution in [1.29, 1.82) is 0 Å². The van der Waals surface area contributed by atoms with Crippen LogP contribution in [0.5, 0.6) is 5.75 Å². The Morgan fingerprint density at radius 3 is 2.53 bits per heavy atom. The number of nitrogens with one attached hydrogen (secondary N) is 1. The molecule has 0 radical (unpaired) electrons. The number of benzene rings is 1. The number of amides is 1. The highest BCUT2D eigenvalue weighted by Gasteiger charge is 2.29. The number of esters is 1. The number of hydrogen-bond donors (Lipinski definition) is 1. The minimum Gasteiger partial charge on any atom is -0.495 e. The number of piperidine rings is 1. The smallest absolute Gasteiger partial charge is 0.349 e. The van der Waals surface area contributed by atoms with Crippen molar-refractivity contribution in [1.82, 2.24) is 4.31 Å². The SMILES string of the molecule is COc1ccc(NC(=O)COC(=O)c2ccc([N+](=O)[O-])s2)cc1S(=O)(=O)N1CCCCC1. The average molecular weight is 484 g/mol. The van der Waals surface area contributed by atoms with E-state index in [0.29, 0.717) is 24.4 Å². The molecule has 0 atom stereocenters. The van der Waals surface area contributed by atoms with Gasteiger partial charge in [0.25, 0.3) is 5.91 Å². The fourth-order valence-electron chi connectivity index (χ4n) is 3.14. The highest BCUT2D eigenvalue weighted by atomic mass is 32.2. The van der Waals surface area contributed by atoms with Gasteiger partial charge in [-0.2, -0.15) is 4.31 Å². The van der Waals surface area contributed by atoms with Crippen LogP contribution in [-0.4, -0.2) is 56.3 Å². The van der Waals surface area contributed by atoms with Gasteiger partial charge in [0, 0.05) is 24.8 Å². The number of ether oxygens (including phenoxy) is 2. The molecule has 0 unspecified atom stereocenters. The number of rotatable bonds is 8. The zero-order valence-corrected chi connectivity index (χ0v) is 18.7. The van der Waals surface area contributed by atoms with Gasteiger partial charge >= 0.3 is 11.0 Å². The van der Waals surface area contributed by atoms with Gasteiger partial charge in [-0.3, -0.25) is 14.9 Å². The van der Waals surface area contributed by atoms with Crippen LogP contribution in [0.4, 0.5) is 10.7 Å². The highest BCUT2D eigenvalue weighted by Crippen LogP contribution is 2.31. The van der Waals surface area contributed by atoms with Gasteiger partial charge in [-0.15, -0.1) is 0 Å². The summed E-state index contributed by atoms with van der Waals surface area (Å²) in [7, 11) is -2.45. The summed E-state index contributed by atoms with van der Waals surface area (Å²) in [6, 6.07) is 6.61. The lowest BCUT2D eigenvalue weighted by atomic mass is 10.2. The van der Waals surface area contributed by atoms with Crippen LogP contribution in [-0.2, 0) is 19.6 Å². The molecule has 2 heterocycles. The number of thiophene rings is 1. The van der Waals surface area contributed by atoms with E-state index in [1.54, 1.807) is 0 Å². The number of methoxy groups -OCH3 is 1. The lowest BCUT2D eigenvalue weighted by Crippen LogP contribution is -2.35. The zero-order chi connectivity index (χ0) is 23.3. The Hall–Kier alpha value is -3.03. The van der Waals surface area contributed by atoms with E-state index >= 15 is 0 Å². The largest absolute Gasteiger partial charge is 0.495 e. The van der Waals surface area contributed by atoms with E-state index in [0.717, 1.165) is 19.3 Å². The molecule has 0 saturated carbocycles. The van der Waals surface area contributed by atoms with Gasteiger partial charge in [-0.05, 0) is 37.1 Å². The van der Waals surface area contributed by atoms with Crippen molar-refractivity contribution in [3.63, 3.8) is 0 Å². The summed E-state index contributed by atoms with van der Waals surface area (Å²) in [6.45, 7) is 0.183. The van der Waals surface area contributed by atoms with Crippen LogP contribution in [0.2, 0.25) is 0 Å². The van der Waals surface area contributed by atoms with Crippen LogP contribution in [0.15, 0.2) is 35.2 Å². The van der Waals surface area contributed by atoms with E-state index in [1.807, 2.05) is 0 Å². The van der Waals surface area contributed by atoms with E-state index in [-0.39, 0.29) is 26.2 Å². The molecule has 1 saturated heterocycles. The van der Waals surface area contributed by atoms with Crippen molar-refractivity contribution in [3.8, 4) is 5.75 Å². The lowest BCUT2D eigenvalue weighted by molar-refractivity contribution is -0.380. The molecule has 3 rings (SSSR count). The van der Waals surface area contributed by atoms with Crippen molar-refractivity contribution in [2.45, 2.75) is 24.2 Å². The predicted molar refractivity (Wildman–Crippen MR) is 115 cm³/mol. The molecule has 0 bridgehead atoms. The maximum absolute atomic E-state index is 13.0. The van der Waals surface area contributed by atoms with Gasteiger partial charge in [-0.25, -0.2) is 13.2 Å². The van der Waals surface area contributed by atoms with Crippen molar-refractivity contribution in [2.24, 2.45) is 0 Å². The Labute approximate surface area is 188 Å². The van der Waals surface area contributed by atoms with Crippen molar-refractivity contribution >= 4 is 43.9 Å². The standard InChI is InChI=1S/C19H21N3O8S2/c1-29-14-6-5-13(11-16(14)32(27,28)21-9-3-2-4-10-21)20-17(23)12-30-19(24)15-7-8-18(31-15)22(25)26/h5-8,11H,2-4,9-10,12H2,1H3,(H,20,23). The Balaban J connectivity index is 1.67. The normalized spacial score (nSPS) is 14.5. The molecule has 1 fully saturated rings. The second-order valence-electron chi connectivity index (χ2n) is 6.85. The molecular weight excluding hydrogens is 462 g/mol. The third kappa shape index (κ3) is 5.41. The van der Waals surface area contributed by atoms with Gasteiger partial charge in [0.05, 0.1) is 12.0 Å². The summed E-state index contributed by atoms with van der Waals surface area (Å²) in [5, 5.41) is 13.0. The molecular formula is C19H21N3O8S2. The van der Waals surface area contributed by atoms with Crippen LogP contribution >= 0.6 is 11.3 Å². The molecule has 172 valence electrons. The first kappa shape index (κ1) is 23.6. The van der Waals surface area contributed by atoms with Crippen LogP contribution in [0.3, 0.4) is 0 Å². The van der Waals surface area contributed by atoms with E-state index in [4.69, 9.17) is 9.47 Å². The Morgan fingerprint density at radius 2 is 1.91 bits per heavy atom. The number of sulfonamides is 1. The second kappa shape index (κ2) is 10.1. The third-order valence-electron chi connectivity index (χ3n) is 4.69. The Morgan fingerprint density at radius 1 is 1.19 bits per heavy atom. The molecule has 1 N–H and O–H groups in total. The fourth-order valence-corrected chi connectivity index (χ4v) is 5.55. The van der Waals surface area contributed by atoms with Gasteiger partial charge < -0.3 is 14.8 Å². The number of nitrogens with zero attached hydrogens (tertiary/aromatic N) is 2. The summed E-state index contributed by atoms with van der Waals surface area (Å²) in [5.74, 6) is -1.42. The lowest BCUT2D eigenvalue weighted by Gasteiger charge is -2.26. The zero-order valence-electron chi connectivity index (χ0n) is 17.1. The topological polar surface area (TPSA) is 145 Å². The molecule has 11 nitrogen and oxygen atoms in total. The summed E-state index contributed by atoms with van der Waals surface area (Å²) in [4.78, 5) is 34.1. The van der Waals surface area contributed by atoms with E-state index in [1.165, 1.54) is 41.7 Å². The average Bonchev–Trinajstić information content (AvgIpc) is 3.29. The minimum atomic E-state index is -3.81. The first-order valence-electron chi connectivity index (χ1n) is 9.62. The maximum Gasteiger partial charge on any atom is 0.349 e. The van der Waals surface area contributed by atoms with Crippen LogP contribution in [0.25, 0.3) is 0 Å². The number of carbonyl (C=O) groups excluding carboxylic acids is 2. The fraction of sp³-hybridized carbons (Fsp3) is 0.368. The second-order valence-corrected chi connectivity index (χ2v) is 9.82. The first-order valence-corrected chi connectivity index (χ1v) is 11.9. The van der Waals surface area contributed by atoms with Gasteiger partial charge in [0.2, 0.25) is 10.0 Å². The molecule has 1 aliphatic heterocycles. The van der Waals surface area contributed by atoms with Gasteiger partial charge in [0.15, 0.2) is 6.61 Å². The van der Waals surface area contributed by atoms with Crippen molar-refractivity contribution in [3.05, 3.63) is 45.3 Å². The van der Waals surface area contributed by atoms with Crippen LogP contribution < -0.4 is 10.1 Å². The number of carbonyl (C=O) groups is 2. The van der Waals surface area contributed by atoms with Crippen molar-refractivity contribution in [2.75, 3.05) is 32.1 Å². The molecule has 1 aliphatic rings. The molecule has 32 heavy (non-hydrogen) atoms. The van der Waals surface area contributed by atoms with Gasteiger partial charge in [0.1, 0.15) is 15.5 Å². The molecule has 13 heteroatoms. The van der Waals surface area contributed by atoms with Gasteiger partial charge in [-0.1, -0.05) is 17.8 Å².